The van der Waals surface area contributed by atoms with E-state index in [1.54, 1.807) is 18.3 Å². The average Bonchev–Trinajstić information content (AvgIpc) is 3.13. The number of aliphatic hydroxyl groups excluding tert-OH is 1. The lowest BCUT2D eigenvalue weighted by Gasteiger charge is -2.38. The first-order valence-corrected chi connectivity index (χ1v) is 11.7. The number of hydrogen-bond acceptors (Lipinski definition) is 5. The van der Waals surface area contributed by atoms with Crippen LogP contribution in [-0.2, 0) is 24.2 Å². The number of pyridine rings is 1. The van der Waals surface area contributed by atoms with E-state index in [1.807, 2.05) is 30.3 Å². The van der Waals surface area contributed by atoms with E-state index in [4.69, 9.17) is 4.74 Å². The zero-order valence-corrected chi connectivity index (χ0v) is 18.8. The largest absolute Gasteiger partial charge is 0.487 e. The molecule has 1 aromatic heterocycles. The van der Waals surface area contributed by atoms with Gasteiger partial charge in [0.15, 0.2) is 0 Å². The van der Waals surface area contributed by atoms with Crippen molar-refractivity contribution >= 4 is 5.91 Å². The molecule has 1 amide bonds. The number of ether oxygens (including phenoxy) is 1. The Bertz CT molecular complexity index is 1140. The minimum Gasteiger partial charge on any atom is -0.487 e. The smallest absolute Gasteiger partial charge is 0.226 e. The zero-order valence-electron chi connectivity index (χ0n) is 18.8. The van der Waals surface area contributed by atoms with Crippen LogP contribution in [0, 0.1) is 5.82 Å². The summed E-state index contributed by atoms with van der Waals surface area (Å²) in [4.78, 5) is 19.3. The molecule has 0 unspecified atom stereocenters. The first kappa shape index (κ1) is 22.5. The molecule has 1 fully saturated rings. The van der Waals surface area contributed by atoms with Gasteiger partial charge < -0.3 is 15.2 Å². The molecule has 1 aliphatic heterocycles. The Morgan fingerprint density at radius 3 is 2.74 bits per heavy atom. The maximum absolute atomic E-state index is 13.7. The Morgan fingerprint density at radius 1 is 1.12 bits per heavy atom. The Morgan fingerprint density at radius 2 is 1.94 bits per heavy atom. The molecule has 0 radical (unpaired) electrons. The number of carbonyl (C=O) groups is 1. The number of rotatable bonds is 6. The number of amides is 1. The van der Waals surface area contributed by atoms with Gasteiger partial charge in [0.05, 0.1) is 18.5 Å². The van der Waals surface area contributed by atoms with E-state index < -0.39 is 18.0 Å². The lowest BCUT2D eigenvalue weighted by molar-refractivity contribution is -0.121. The van der Waals surface area contributed by atoms with Crippen molar-refractivity contribution in [3.05, 3.63) is 95.6 Å². The quantitative estimate of drug-likeness (QED) is 0.591. The standard InChI is InChI=1S/C27H28FN3O3/c28-20-8-5-10-22(14-20)34-24-16-23(30-25(32)15-21-9-3-4-12-29-21)26(27(24)33)31-13-11-18-6-1-2-7-19(18)17-31/h1-10,12,14,23-24,26-27,33H,11,13,15-17H2,(H,30,32)/t23-,24-,26+,27+/m1/s1. The van der Waals surface area contributed by atoms with Gasteiger partial charge in [-0.1, -0.05) is 36.4 Å². The Balaban J connectivity index is 1.35. The van der Waals surface area contributed by atoms with Crippen LogP contribution in [0.2, 0.25) is 0 Å². The highest BCUT2D eigenvalue weighted by Gasteiger charge is 2.47. The molecular weight excluding hydrogens is 433 g/mol. The van der Waals surface area contributed by atoms with Gasteiger partial charge in [-0.3, -0.25) is 14.7 Å². The summed E-state index contributed by atoms with van der Waals surface area (Å²) < 4.78 is 19.7. The molecular formula is C27H28FN3O3. The highest BCUT2D eigenvalue weighted by Crippen LogP contribution is 2.32. The summed E-state index contributed by atoms with van der Waals surface area (Å²) in [5.74, 6) is -0.175. The summed E-state index contributed by atoms with van der Waals surface area (Å²) in [6.07, 6.45) is 1.73. The summed E-state index contributed by atoms with van der Waals surface area (Å²) in [5, 5.41) is 14.5. The monoisotopic (exact) mass is 461 g/mol. The number of aromatic nitrogens is 1. The van der Waals surface area contributed by atoms with E-state index in [2.05, 4.69) is 27.3 Å². The fraction of sp³-hybridized carbons (Fsp3) is 0.333. The van der Waals surface area contributed by atoms with Crippen molar-refractivity contribution in [2.75, 3.05) is 6.54 Å². The molecule has 0 bridgehead atoms. The molecule has 2 aromatic carbocycles. The second-order valence-corrected chi connectivity index (χ2v) is 8.99. The van der Waals surface area contributed by atoms with Gasteiger partial charge in [-0.2, -0.15) is 0 Å². The van der Waals surface area contributed by atoms with E-state index in [0.29, 0.717) is 24.4 Å². The van der Waals surface area contributed by atoms with Crippen LogP contribution in [0.15, 0.2) is 72.9 Å². The minimum atomic E-state index is -0.839. The lowest BCUT2D eigenvalue weighted by Crippen LogP contribution is -2.54. The molecule has 3 aromatic rings. The Hall–Kier alpha value is -3.29. The van der Waals surface area contributed by atoms with Crippen LogP contribution in [-0.4, -0.2) is 51.7 Å². The van der Waals surface area contributed by atoms with Crippen molar-refractivity contribution in [3.63, 3.8) is 0 Å². The average molecular weight is 462 g/mol. The van der Waals surface area contributed by atoms with E-state index in [0.717, 1.165) is 13.0 Å². The van der Waals surface area contributed by atoms with Crippen molar-refractivity contribution in [1.29, 1.82) is 0 Å². The first-order chi connectivity index (χ1) is 16.6. The second-order valence-electron chi connectivity index (χ2n) is 8.99. The van der Waals surface area contributed by atoms with Crippen LogP contribution in [0.4, 0.5) is 4.39 Å². The summed E-state index contributed by atoms with van der Waals surface area (Å²) in [7, 11) is 0. The van der Waals surface area contributed by atoms with Gasteiger partial charge in [0, 0.05) is 37.5 Å². The number of nitrogens with zero attached hydrogens (tertiary/aromatic N) is 2. The molecule has 34 heavy (non-hydrogen) atoms. The van der Waals surface area contributed by atoms with Crippen LogP contribution >= 0.6 is 0 Å². The minimum absolute atomic E-state index is 0.148. The topological polar surface area (TPSA) is 74.7 Å². The van der Waals surface area contributed by atoms with Crippen molar-refractivity contribution in [3.8, 4) is 5.75 Å². The predicted molar refractivity (Wildman–Crippen MR) is 126 cm³/mol. The maximum atomic E-state index is 13.7. The second kappa shape index (κ2) is 9.91. The maximum Gasteiger partial charge on any atom is 0.226 e. The highest BCUT2D eigenvalue weighted by atomic mass is 19.1. The fourth-order valence-corrected chi connectivity index (χ4v) is 5.13. The first-order valence-electron chi connectivity index (χ1n) is 11.7. The third kappa shape index (κ3) is 4.95. The van der Waals surface area contributed by atoms with Gasteiger partial charge >= 0.3 is 0 Å². The molecule has 2 aliphatic rings. The van der Waals surface area contributed by atoms with Crippen molar-refractivity contribution in [2.24, 2.45) is 0 Å². The third-order valence-corrected chi connectivity index (χ3v) is 6.71. The summed E-state index contributed by atoms with van der Waals surface area (Å²) in [5.41, 5.74) is 3.23. The molecule has 1 aliphatic carbocycles. The molecule has 5 rings (SSSR count). The zero-order chi connectivity index (χ0) is 23.5. The van der Waals surface area contributed by atoms with Crippen LogP contribution in [0.5, 0.6) is 5.75 Å². The van der Waals surface area contributed by atoms with Gasteiger partial charge in [-0.15, -0.1) is 0 Å². The summed E-state index contributed by atoms with van der Waals surface area (Å²) in [6, 6.07) is 19.1. The number of fused-ring (bicyclic) bond motifs is 1. The molecule has 4 atom stereocenters. The van der Waals surface area contributed by atoms with Crippen molar-refractivity contribution < 1.29 is 19.0 Å². The number of hydrogen-bond donors (Lipinski definition) is 2. The highest BCUT2D eigenvalue weighted by molar-refractivity contribution is 5.78. The molecule has 2 heterocycles. The number of carbonyl (C=O) groups excluding carboxylic acids is 1. The van der Waals surface area contributed by atoms with E-state index in [9.17, 15) is 14.3 Å². The van der Waals surface area contributed by atoms with Crippen molar-refractivity contribution in [2.45, 2.75) is 50.1 Å². The van der Waals surface area contributed by atoms with Gasteiger partial charge in [0.1, 0.15) is 23.8 Å². The number of benzene rings is 2. The summed E-state index contributed by atoms with van der Waals surface area (Å²) >= 11 is 0. The summed E-state index contributed by atoms with van der Waals surface area (Å²) in [6.45, 7) is 1.47. The van der Waals surface area contributed by atoms with Crippen LogP contribution in [0.25, 0.3) is 0 Å². The Labute approximate surface area is 198 Å². The van der Waals surface area contributed by atoms with Gasteiger partial charge in [0.25, 0.3) is 0 Å². The predicted octanol–water partition coefficient (Wildman–Crippen LogP) is 2.89. The molecule has 0 saturated heterocycles. The molecule has 7 heteroatoms. The third-order valence-electron chi connectivity index (χ3n) is 6.71. The van der Waals surface area contributed by atoms with E-state index in [-0.39, 0.29) is 24.4 Å². The molecule has 0 spiro atoms. The fourth-order valence-electron chi connectivity index (χ4n) is 5.13. The number of nitrogens with one attached hydrogen (secondary N) is 1. The Kier molecular flexibility index (Phi) is 6.56. The van der Waals surface area contributed by atoms with Gasteiger partial charge in [0.2, 0.25) is 5.91 Å². The van der Waals surface area contributed by atoms with E-state index >= 15 is 0 Å². The SMILES string of the molecule is O=C(Cc1ccccn1)N[C@@H]1C[C@@H](Oc2cccc(F)c2)[C@H](O)[C@H]1N1CCc2ccccc2C1. The molecule has 1 saturated carbocycles. The van der Waals surface area contributed by atoms with Crippen LogP contribution < -0.4 is 10.1 Å². The number of halogens is 1. The molecule has 2 N–H and O–H groups in total. The van der Waals surface area contributed by atoms with E-state index in [1.165, 1.54) is 23.3 Å². The molecule has 176 valence electrons. The van der Waals surface area contributed by atoms with Gasteiger partial charge in [-0.05, 0) is 41.8 Å². The van der Waals surface area contributed by atoms with Gasteiger partial charge in [-0.25, -0.2) is 4.39 Å². The molecule has 6 nitrogen and oxygen atoms in total. The van der Waals surface area contributed by atoms with Crippen LogP contribution in [0.1, 0.15) is 23.2 Å². The lowest BCUT2D eigenvalue weighted by atomic mass is 9.97. The van der Waals surface area contributed by atoms with Crippen molar-refractivity contribution in [1.82, 2.24) is 15.2 Å². The number of aliphatic hydroxyl groups is 1. The normalized spacial score (nSPS) is 24.4. The van der Waals surface area contributed by atoms with Crippen LogP contribution in [0.3, 0.4) is 0 Å².